The molecule has 0 N–H and O–H groups in total. The van der Waals surface area contributed by atoms with E-state index in [-0.39, 0.29) is 0 Å². The van der Waals surface area contributed by atoms with Crippen molar-refractivity contribution in [1.82, 2.24) is 0 Å². The Hall–Kier alpha value is -0.820. The fraction of sp³-hybridized carbons (Fsp3) is 0.286. The predicted molar refractivity (Wildman–Crippen MR) is 72.2 cm³/mol. The fourth-order valence-electron chi connectivity index (χ4n) is 1.70. The Labute approximate surface area is 101 Å². The Morgan fingerprint density at radius 1 is 1.20 bits per heavy atom. The molecule has 0 saturated heterocycles. The molecule has 0 nitrogen and oxygen atoms in total. The third-order valence-corrected chi connectivity index (χ3v) is 3.38. The molecular weight excluding hydrogens is 248 g/mol. The molecule has 0 amide bonds. The highest BCUT2D eigenvalue weighted by Gasteiger charge is 2.13. The second-order valence-corrected chi connectivity index (χ2v) is 3.99. The summed E-state index contributed by atoms with van der Waals surface area (Å²) in [6.07, 6.45) is 4.17. The highest BCUT2D eigenvalue weighted by Crippen LogP contribution is 2.35. The van der Waals surface area contributed by atoms with Gasteiger partial charge in [-0.1, -0.05) is 50.8 Å². The van der Waals surface area contributed by atoms with Gasteiger partial charge in [-0.3, -0.25) is 0 Å². The average Bonchev–Trinajstić information content (AvgIpc) is 2.33. The molecule has 0 unspecified atom stereocenters. The quantitative estimate of drug-likeness (QED) is 0.673. The van der Waals surface area contributed by atoms with Crippen molar-refractivity contribution in [2.45, 2.75) is 26.7 Å². The van der Waals surface area contributed by atoms with Crippen LogP contribution in [0.25, 0.3) is 4.48 Å². The molecular formula is C14H17Br. The lowest BCUT2D eigenvalue weighted by molar-refractivity contribution is 0.949. The Morgan fingerprint density at radius 2 is 1.87 bits per heavy atom. The number of benzene rings is 1. The molecule has 15 heavy (non-hydrogen) atoms. The van der Waals surface area contributed by atoms with Crippen molar-refractivity contribution >= 4 is 20.4 Å². The van der Waals surface area contributed by atoms with E-state index in [0.717, 1.165) is 12.8 Å². The Morgan fingerprint density at radius 3 is 2.53 bits per heavy atom. The minimum Gasteiger partial charge on any atom is -0.0988 e. The Bertz CT molecular complexity index is 375. The minimum atomic E-state index is 1.10. The Balaban J connectivity index is 0.000000531. The van der Waals surface area contributed by atoms with Crippen LogP contribution in [-0.2, 0) is 6.42 Å². The molecule has 80 valence electrons. The van der Waals surface area contributed by atoms with E-state index >= 15 is 0 Å². The monoisotopic (exact) mass is 264 g/mol. The zero-order chi connectivity index (χ0) is 11.3. The fourth-order valence-corrected chi connectivity index (χ4v) is 2.44. The van der Waals surface area contributed by atoms with E-state index in [0.29, 0.717) is 0 Å². The van der Waals surface area contributed by atoms with Gasteiger partial charge in [0, 0.05) is 4.48 Å². The van der Waals surface area contributed by atoms with Crippen molar-refractivity contribution in [3.63, 3.8) is 0 Å². The van der Waals surface area contributed by atoms with E-state index in [1.807, 2.05) is 19.9 Å². The zero-order valence-corrected chi connectivity index (χ0v) is 11.0. The second kappa shape index (κ2) is 5.92. The van der Waals surface area contributed by atoms with Gasteiger partial charge < -0.3 is 0 Å². The summed E-state index contributed by atoms with van der Waals surface area (Å²) in [6, 6.07) is 8.52. The van der Waals surface area contributed by atoms with Gasteiger partial charge in [-0.15, -0.1) is 0 Å². The van der Waals surface area contributed by atoms with Crippen molar-refractivity contribution in [3.8, 4) is 0 Å². The lowest BCUT2D eigenvalue weighted by Crippen LogP contribution is -2.00. The van der Waals surface area contributed by atoms with Gasteiger partial charge in [0.25, 0.3) is 0 Å². The first-order valence-corrected chi connectivity index (χ1v) is 6.21. The number of halogens is 1. The van der Waals surface area contributed by atoms with Gasteiger partial charge in [-0.2, -0.15) is 0 Å². The van der Waals surface area contributed by atoms with Gasteiger partial charge in [0.2, 0.25) is 0 Å². The summed E-state index contributed by atoms with van der Waals surface area (Å²) in [6.45, 7) is 7.82. The highest BCUT2D eigenvalue weighted by molar-refractivity contribution is 9.15. The number of hydrogen-bond donors (Lipinski definition) is 0. The maximum absolute atomic E-state index is 3.82. The molecule has 2 rings (SSSR count). The standard InChI is InChI=1S/C12H11Br.C2H6/c1-2-9-7-8-10-5-3-4-6-11(10)12(9)13;1-2/h2-6H,1,7-8H2;1-2H3. The lowest BCUT2D eigenvalue weighted by Gasteiger charge is -2.17. The molecule has 1 aliphatic rings. The smallest absolute Gasteiger partial charge is 0.0282 e. The third-order valence-electron chi connectivity index (χ3n) is 2.45. The van der Waals surface area contributed by atoms with E-state index in [1.165, 1.54) is 21.2 Å². The van der Waals surface area contributed by atoms with E-state index in [9.17, 15) is 0 Å². The average molecular weight is 265 g/mol. The van der Waals surface area contributed by atoms with Crippen molar-refractivity contribution < 1.29 is 0 Å². The van der Waals surface area contributed by atoms with Crippen molar-refractivity contribution in [3.05, 3.63) is 53.6 Å². The van der Waals surface area contributed by atoms with Crippen LogP contribution in [0.2, 0.25) is 0 Å². The van der Waals surface area contributed by atoms with Crippen molar-refractivity contribution in [2.24, 2.45) is 0 Å². The van der Waals surface area contributed by atoms with Gasteiger partial charge in [0.1, 0.15) is 0 Å². The number of fused-ring (bicyclic) bond motifs is 1. The molecule has 0 heterocycles. The van der Waals surface area contributed by atoms with Gasteiger partial charge in [-0.05, 0) is 45.5 Å². The maximum atomic E-state index is 3.82. The van der Waals surface area contributed by atoms with Crippen LogP contribution in [0.5, 0.6) is 0 Å². The van der Waals surface area contributed by atoms with Crippen LogP contribution in [0.3, 0.4) is 0 Å². The van der Waals surface area contributed by atoms with Gasteiger partial charge >= 0.3 is 0 Å². The van der Waals surface area contributed by atoms with E-state index in [2.05, 4.69) is 46.8 Å². The summed E-state index contributed by atoms with van der Waals surface area (Å²) >= 11 is 3.62. The molecule has 0 bridgehead atoms. The normalized spacial score (nSPS) is 13.8. The molecule has 0 spiro atoms. The van der Waals surface area contributed by atoms with Gasteiger partial charge in [0.15, 0.2) is 0 Å². The maximum Gasteiger partial charge on any atom is 0.0282 e. The Kier molecular flexibility index (Phi) is 4.83. The molecule has 0 saturated carbocycles. The first-order chi connectivity index (χ1) is 7.33. The van der Waals surface area contributed by atoms with Crippen LogP contribution >= 0.6 is 15.9 Å². The van der Waals surface area contributed by atoms with Gasteiger partial charge in [0.05, 0.1) is 0 Å². The topological polar surface area (TPSA) is 0 Å². The van der Waals surface area contributed by atoms with Crippen molar-refractivity contribution in [1.29, 1.82) is 0 Å². The van der Waals surface area contributed by atoms with Crippen LogP contribution in [0.1, 0.15) is 31.4 Å². The number of hydrogen-bond acceptors (Lipinski definition) is 0. The molecule has 0 aromatic heterocycles. The minimum absolute atomic E-state index is 1.10. The number of rotatable bonds is 1. The molecule has 0 aliphatic heterocycles. The molecule has 1 aromatic carbocycles. The second-order valence-electron chi connectivity index (χ2n) is 3.20. The molecule has 1 heteroatoms. The van der Waals surface area contributed by atoms with E-state index in [1.54, 1.807) is 0 Å². The van der Waals surface area contributed by atoms with Crippen LogP contribution in [0, 0.1) is 0 Å². The van der Waals surface area contributed by atoms with Crippen LogP contribution < -0.4 is 0 Å². The lowest BCUT2D eigenvalue weighted by atomic mass is 9.92. The summed E-state index contributed by atoms with van der Waals surface area (Å²) in [5.41, 5.74) is 4.07. The van der Waals surface area contributed by atoms with Crippen molar-refractivity contribution in [2.75, 3.05) is 0 Å². The molecule has 0 fully saturated rings. The van der Waals surface area contributed by atoms with Gasteiger partial charge in [-0.25, -0.2) is 0 Å². The summed E-state index contributed by atoms with van der Waals surface area (Å²) in [5, 5.41) is 0. The van der Waals surface area contributed by atoms with Crippen LogP contribution in [-0.4, -0.2) is 0 Å². The molecule has 0 atom stereocenters. The summed E-state index contributed by atoms with van der Waals surface area (Å²) in [4.78, 5) is 0. The molecule has 0 radical (unpaired) electrons. The number of aryl methyl sites for hydroxylation is 1. The SMILES string of the molecule is C=CC1=C(Br)c2ccccc2CC1.CC. The summed E-state index contributed by atoms with van der Waals surface area (Å²) in [5.74, 6) is 0. The largest absolute Gasteiger partial charge is 0.0988 e. The number of allylic oxidation sites excluding steroid dienone is 2. The first kappa shape index (κ1) is 12.3. The van der Waals surface area contributed by atoms with Crippen LogP contribution in [0.15, 0.2) is 42.5 Å². The van der Waals surface area contributed by atoms with Crippen LogP contribution in [0.4, 0.5) is 0 Å². The summed E-state index contributed by atoms with van der Waals surface area (Å²) in [7, 11) is 0. The predicted octanol–water partition coefficient (Wildman–Crippen LogP) is 4.95. The zero-order valence-electron chi connectivity index (χ0n) is 9.39. The van der Waals surface area contributed by atoms with E-state index in [4.69, 9.17) is 0 Å². The molecule has 1 aromatic rings. The molecule has 1 aliphatic carbocycles. The highest BCUT2D eigenvalue weighted by atomic mass is 79.9. The van der Waals surface area contributed by atoms with E-state index < -0.39 is 0 Å². The summed E-state index contributed by atoms with van der Waals surface area (Å²) < 4.78 is 1.21. The third kappa shape index (κ3) is 2.60. The first-order valence-electron chi connectivity index (χ1n) is 5.42.